The third-order valence-corrected chi connectivity index (χ3v) is 4.29. The molecule has 0 unspecified atom stereocenters. The van der Waals surface area contributed by atoms with E-state index in [-0.39, 0.29) is 0 Å². The van der Waals surface area contributed by atoms with E-state index in [0.29, 0.717) is 5.41 Å². The lowest BCUT2D eigenvalue weighted by atomic mass is 9.95. The van der Waals surface area contributed by atoms with Crippen LogP contribution in [0, 0.1) is 5.41 Å². The highest BCUT2D eigenvalue weighted by Gasteiger charge is 2.21. The number of rotatable bonds is 3. The first kappa shape index (κ1) is 11.7. The summed E-state index contributed by atoms with van der Waals surface area (Å²) in [6.45, 7) is 8.05. The molecule has 13 heavy (non-hydrogen) atoms. The minimum atomic E-state index is 0.380. The van der Waals surface area contributed by atoms with Crippen LogP contribution in [-0.4, -0.2) is 29.9 Å². The Hall–Kier alpha value is 0.660. The predicted octanol–water partition coefficient (Wildman–Crippen LogP) is 3.39. The van der Waals surface area contributed by atoms with Crippen LogP contribution in [0.25, 0.3) is 0 Å². The zero-order valence-electron chi connectivity index (χ0n) is 8.32. The van der Waals surface area contributed by atoms with Gasteiger partial charge in [0, 0.05) is 29.4 Å². The molecule has 0 aromatic carbocycles. The lowest BCUT2D eigenvalue weighted by Crippen LogP contribution is -2.38. The van der Waals surface area contributed by atoms with Crippen molar-refractivity contribution in [3.8, 4) is 0 Å². The van der Waals surface area contributed by atoms with Crippen molar-refractivity contribution < 1.29 is 0 Å². The maximum atomic E-state index is 3.57. The average Bonchev–Trinajstić information content (AvgIpc) is 2.03. The van der Waals surface area contributed by atoms with Crippen LogP contribution in [0.2, 0.25) is 0 Å². The molecule has 0 spiro atoms. The quantitative estimate of drug-likeness (QED) is 0.722. The third kappa shape index (κ3) is 4.13. The molecule has 1 heterocycles. The molecule has 0 amide bonds. The third-order valence-electron chi connectivity index (χ3n) is 2.20. The summed E-state index contributed by atoms with van der Waals surface area (Å²) in [7, 11) is 0. The lowest BCUT2D eigenvalue weighted by molar-refractivity contribution is 0.209. The highest BCUT2D eigenvalue weighted by molar-refractivity contribution is 9.11. The monoisotopic (exact) mass is 309 g/mol. The Morgan fingerprint density at radius 1 is 1.54 bits per heavy atom. The fraction of sp³-hybridized carbons (Fsp3) is 0.800. The summed E-state index contributed by atoms with van der Waals surface area (Å²) in [5.74, 6) is 0. The zero-order chi connectivity index (χ0) is 9.90. The average molecular weight is 311 g/mol. The van der Waals surface area contributed by atoms with Crippen molar-refractivity contribution in [2.24, 2.45) is 5.41 Å². The molecule has 0 radical (unpaired) electrons. The summed E-state index contributed by atoms with van der Waals surface area (Å²) in [6.07, 6.45) is 3.45. The SMILES string of the molecule is CC(C)(CBr)CN1CCC=C(Br)C1. The molecule has 1 aliphatic heterocycles. The van der Waals surface area contributed by atoms with E-state index in [4.69, 9.17) is 0 Å². The Morgan fingerprint density at radius 3 is 2.77 bits per heavy atom. The van der Waals surface area contributed by atoms with Crippen molar-refractivity contribution in [3.63, 3.8) is 0 Å². The Labute approximate surface area is 97.8 Å². The summed E-state index contributed by atoms with van der Waals surface area (Å²) >= 11 is 7.13. The molecule has 0 aromatic heterocycles. The molecule has 0 saturated carbocycles. The zero-order valence-corrected chi connectivity index (χ0v) is 11.5. The largest absolute Gasteiger partial charge is 0.298 e. The topological polar surface area (TPSA) is 3.24 Å². The second-order valence-corrected chi connectivity index (χ2v) is 6.03. The first-order chi connectivity index (χ1) is 6.03. The van der Waals surface area contributed by atoms with Crippen molar-refractivity contribution in [2.75, 3.05) is 25.0 Å². The van der Waals surface area contributed by atoms with E-state index in [1.807, 2.05) is 0 Å². The van der Waals surface area contributed by atoms with E-state index in [2.05, 4.69) is 56.7 Å². The highest BCUT2D eigenvalue weighted by Crippen LogP contribution is 2.23. The van der Waals surface area contributed by atoms with Gasteiger partial charge in [0.2, 0.25) is 0 Å². The van der Waals surface area contributed by atoms with Crippen LogP contribution in [0.15, 0.2) is 10.6 Å². The molecule has 0 aromatic rings. The smallest absolute Gasteiger partial charge is 0.0297 e. The van der Waals surface area contributed by atoms with Gasteiger partial charge in [-0.3, -0.25) is 4.90 Å². The summed E-state index contributed by atoms with van der Waals surface area (Å²) in [5.41, 5.74) is 0.380. The van der Waals surface area contributed by atoms with Gasteiger partial charge in [-0.15, -0.1) is 0 Å². The van der Waals surface area contributed by atoms with E-state index >= 15 is 0 Å². The van der Waals surface area contributed by atoms with Gasteiger partial charge < -0.3 is 0 Å². The van der Waals surface area contributed by atoms with Crippen LogP contribution >= 0.6 is 31.9 Å². The normalized spacial score (nSPS) is 20.2. The molecule has 1 rings (SSSR count). The van der Waals surface area contributed by atoms with Gasteiger partial charge in [0.05, 0.1) is 0 Å². The first-order valence-corrected chi connectivity index (χ1v) is 6.58. The van der Waals surface area contributed by atoms with E-state index in [1.54, 1.807) is 0 Å². The number of hydrogen-bond acceptors (Lipinski definition) is 1. The highest BCUT2D eigenvalue weighted by atomic mass is 79.9. The second kappa shape index (κ2) is 4.94. The molecule has 3 heteroatoms. The van der Waals surface area contributed by atoms with E-state index in [9.17, 15) is 0 Å². The number of hydrogen-bond donors (Lipinski definition) is 0. The summed E-state index contributed by atoms with van der Waals surface area (Å²) in [4.78, 5) is 2.51. The molecule has 0 bridgehead atoms. The van der Waals surface area contributed by atoms with Crippen molar-refractivity contribution in [2.45, 2.75) is 20.3 Å². The Kier molecular flexibility index (Phi) is 4.46. The first-order valence-electron chi connectivity index (χ1n) is 4.66. The molecule has 1 aliphatic rings. The Balaban J connectivity index is 2.42. The van der Waals surface area contributed by atoms with Crippen LogP contribution in [0.3, 0.4) is 0 Å². The van der Waals surface area contributed by atoms with E-state index in [1.165, 1.54) is 24.0 Å². The van der Waals surface area contributed by atoms with Crippen molar-refractivity contribution in [1.82, 2.24) is 4.90 Å². The molecule has 0 aliphatic carbocycles. The molecule has 76 valence electrons. The van der Waals surface area contributed by atoms with E-state index < -0.39 is 0 Å². The van der Waals surface area contributed by atoms with Crippen LogP contribution in [0.4, 0.5) is 0 Å². The van der Waals surface area contributed by atoms with Crippen molar-refractivity contribution in [1.29, 1.82) is 0 Å². The van der Waals surface area contributed by atoms with Gasteiger partial charge in [0.25, 0.3) is 0 Å². The van der Waals surface area contributed by atoms with Gasteiger partial charge in [-0.05, 0) is 11.8 Å². The fourth-order valence-electron chi connectivity index (χ4n) is 1.54. The summed E-state index contributed by atoms with van der Waals surface area (Å²) < 4.78 is 1.34. The van der Waals surface area contributed by atoms with Crippen molar-refractivity contribution >= 4 is 31.9 Å². The summed E-state index contributed by atoms with van der Waals surface area (Å²) in [5, 5.41) is 1.07. The van der Waals surface area contributed by atoms with Gasteiger partial charge in [-0.25, -0.2) is 0 Å². The number of halogens is 2. The summed E-state index contributed by atoms with van der Waals surface area (Å²) in [6, 6.07) is 0. The van der Waals surface area contributed by atoms with Gasteiger partial charge >= 0.3 is 0 Å². The Morgan fingerprint density at radius 2 is 2.23 bits per heavy atom. The van der Waals surface area contributed by atoms with Gasteiger partial charge in [0.15, 0.2) is 0 Å². The van der Waals surface area contributed by atoms with E-state index in [0.717, 1.165) is 11.9 Å². The molecule has 0 N–H and O–H groups in total. The van der Waals surface area contributed by atoms with Gasteiger partial charge in [-0.2, -0.15) is 0 Å². The molecular weight excluding hydrogens is 294 g/mol. The molecule has 0 fully saturated rings. The molecule has 0 saturated heterocycles. The van der Waals surface area contributed by atoms with Crippen LogP contribution in [0.5, 0.6) is 0 Å². The van der Waals surface area contributed by atoms with Crippen LogP contribution in [0.1, 0.15) is 20.3 Å². The molecule has 0 atom stereocenters. The maximum absolute atomic E-state index is 3.57. The minimum Gasteiger partial charge on any atom is -0.298 e. The van der Waals surface area contributed by atoms with Crippen LogP contribution < -0.4 is 0 Å². The fourth-order valence-corrected chi connectivity index (χ4v) is 2.30. The van der Waals surface area contributed by atoms with Crippen LogP contribution in [-0.2, 0) is 0 Å². The maximum Gasteiger partial charge on any atom is 0.0297 e. The minimum absolute atomic E-state index is 0.380. The molecular formula is C10H17Br2N. The second-order valence-electron chi connectivity index (χ2n) is 4.45. The predicted molar refractivity (Wildman–Crippen MR) is 65.6 cm³/mol. The lowest BCUT2D eigenvalue weighted by Gasteiger charge is -2.33. The number of nitrogens with zero attached hydrogens (tertiary/aromatic N) is 1. The number of alkyl halides is 1. The van der Waals surface area contributed by atoms with Gasteiger partial charge in [-0.1, -0.05) is 51.8 Å². The Bertz CT molecular complexity index is 199. The standard InChI is InChI=1S/C10H17Br2N/c1-10(2,7-11)8-13-5-3-4-9(12)6-13/h4H,3,5-8H2,1-2H3. The molecule has 1 nitrogen and oxygen atoms in total. The van der Waals surface area contributed by atoms with Gasteiger partial charge in [0.1, 0.15) is 0 Å². The van der Waals surface area contributed by atoms with Crippen molar-refractivity contribution in [3.05, 3.63) is 10.6 Å².